The number of benzene rings is 2. The molecule has 0 amide bonds. The average molecular weight is 414 g/mol. The summed E-state index contributed by atoms with van der Waals surface area (Å²) in [7, 11) is 0. The van der Waals surface area contributed by atoms with E-state index in [4.69, 9.17) is 11.6 Å². The minimum Gasteiger partial charge on any atom is -0.508 e. The maximum absolute atomic E-state index is 10.3. The van der Waals surface area contributed by atoms with E-state index >= 15 is 0 Å². The fraction of sp³-hybridized carbons (Fsp3) is 0.294. The van der Waals surface area contributed by atoms with Crippen LogP contribution in [0.25, 0.3) is 0 Å². The predicted molar refractivity (Wildman–Crippen MR) is 96.4 cm³/mol. The zero-order chi connectivity index (χ0) is 15.1. The van der Waals surface area contributed by atoms with Gasteiger partial charge in [0.15, 0.2) is 0 Å². The maximum atomic E-state index is 10.3. The molecule has 0 bridgehead atoms. The Morgan fingerprint density at radius 3 is 2.71 bits per heavy atom. The van der Waals surface area contributed by atoms with Gasteiger partial charge in [0.1, 0.15) is 5.75 Å². The van der Waals surface area contributed by atoms with Gasteiger partial charge in [0.25, 0.3) is 0 Å². The molecular formula is C17H17ClINO. The molecule has 2 aromatic rings. The largest absolute Gasteiger partial charge is 0.508 e. The van der Waals surface area contributed by atoms with Crippen LogP contribution in [0, 0.1) is 10.5 Å². The Kier molecular flexibility index (Phi) is 4.06. The summed E-state index contributed by atoms with van der Waals surface area (Å²) >= 11 is 8.29. The van der Waals surface area contributed by atoms with Crippen LogP contribution < -0.4 is 5.32 Å². The molecule has 0 fully saturated rings. The Hall–Kier alpha value is -0.940. The van der Waals surface area contributed by atoms with Gasteiger partial charge < -0.3 is 10.4 Å². The van der Waals surface area contributed by atoms with Crippen LogP contribution in [0.5, 0.6) is 5.75 Å². The Morgan fingerprint density at radius 2 is 2.00 bits per heavy atom. The number of halogens is 2. The van der Waals surface area contributed by atoms with Gasteiger partial charge in [-0.15, -0.1) is 0 Å². The van der Waals surface area contributed by atoms with Crippen LogP contribution in [-0.2, 0) is 0 Å². The second kappa shape index (κ2) is 5.69. The topological polar surface area (TPSA) is 32.3 Å². The second-order valence-electron chi connectivity index (χ2n) is 5.69. The van der Waals surface area contributed by atoms with E-state index in [1.807, 2.05) is 24.3 Å². The SMILES string of the molecule is Cc1ccc(O)c2c1C(C)CC2Nc1ccc(Cl)cc1I. The van der Waals surface area contributed by atoms with Crippen LogP contribution in [0.4, 0.5) is 5.69 Å². The van der Waals surface area contributed by atoms with Crippen molar-refractivity contribution in [3.05, 3.63) is 55.6 Å². The minimum atomic E-state index is 0.143. The molecule has 4 heteroatoms. The fourth-order valence-electron chi connectivity index (χ4n) is 3.27. The molecule has 1 aliphatic carbocycles. The molecule has 2 atom stereocenters. The Morgan fingerprint density at radius 1 is 1.24 bits per heavy atom. The van der Waals surface area contributed by atoms with Crippen LogP contribution in [0.2, 0.25) is 5.02 Å². The van der Waals surface area contributed by atoms with Gasteiger partial charge in [-0.3, -0.25) is 0 Å². The third-order valence-corrected chi connectivity index (χ3v) is 5.30. The summed E-state index contributed by atoms with van der Waals surface area (Å²) in [4.78, 5) is 0. The molecule has 0 heterocycles. The first kappa shape index (κ1) is 15.0. The first-order chi connectivity index (χ1) is 9.97. The summed E-state index contributed by atoms with van der Waals surface area (Å²) in [5, 5.41) is 14.6. The quantitative estimate of drug-likeness (QED) is 0.626. The molecule has 0 aromatic heterocycles. The molecule has 0 saturated heterocycles. The molecule has 1 aliphatic rings. The Labute approximate surface area is 143 Å². The van der Waals surface area contributed by atoms with Crippen LogP contribution >= 0.6 is 34.2 Å². The molecule has 3 rings (SSSR count). The second-order valence-corrected chi connectivity index (χ2v) is 7.29. The van der Waals surface area contributed by atoms with E-state index in [1.54, 1.807) is 6.07 Å². The molecule has 2 nitrogen and oxygen atoms in total. The number of nitrogens with one attached hydrogen (secondary N) is 1. The number of aryl methyl sites for hydroxylation is 1. The van der Waals surface area contributed by atoms with Crippen molar-refractivity contribution in [2.45, 2.75) is 32.2 Å². The molecule has 21 heavy (non-hydrogen) atoms. The van der Waals surface area contributed by atoms with Crippen LogP contribution in [0.15, 0.2) is 30.3 Å². The molecule has 0 spiro atoms. The van der Waals surface area contributed by atoms with E-state index in [0.717, 1.165) is 26.3 Å². The van der Waals surface area contributed by atoms with E-state index in [1.165, 1.54) is 11.1 Å². The molecule has 2 unspecified atom stereocenters. The van der Waals surface area contributed by atoms with Gasteiger partial charge >= 0.3 is 0 Å². The van der Waals surface area contributed by atoms with Crippen molar-refractivity contribution in [1.82, 2.24) is 0 Å². The van der Waals surface area contributed by atoms with Crippen LogP contribution in [0.1, 0.15) is 42.0 Å². The number of phenolic OH excluding ortho intramolecular Hbond substituents is 1. The van der Waals surface area contributed by atoms with Crippen molar-refractivity contribution >= 4 is 39.9 Å². The molecule has 2 aromatic carbocycles. The molecule has 0 saturated carbocycles. The van der Waals surface area contributed by atoms with E-state index in [9.17, 15) is 5.11 Å². The molecular weight excluding hydrogens is 397 g/mol. The number of phenols is 1. The summed E-state index contributed by atoms with van der Waals surface area (Å²) in [6.07, 6.45) is 0.993. The zero-order valence-corrected chi connectivity index (χ0v) is 14.9. The molecule has 2 N–H and O–H groups in total. The highest BCUT2D eigenvalue weighted by molar-refractivity contribution is 14.1. The van der Waals surface area contributed by atoms with E-state index in [2.05, 4.69) is 41.8 Å². The Balaban J connectivity index is 1.98. The minimum absolute atomic E-state index is 0.143. The maximum Gasteiger partial charge on any atom is 0.121 e. The predicted octanol–water partition coefficient (Wildman–Crippen LogP) is 5.62. The monoisotopic (exact) mass is 413 g/mol. The lowest BCUT2D eigenvalue weighted by Gasteiger charge is -2.18. The standard InChI is InChI=1S/C17H17ClINO/c1-9-3-6-15(21)17-14(7-10(2)16(9)17)20-13-5-4-11(18)8-12(13)19/h3-6,8,10,14,20-21H,7H2,1-2H3. The normalized spacial score (nSPS) is 20.4. The van der Waals surface area contributed by atoms with Gasteiger partial charge in [0, 0.05) is 19.8 Å². The summed E-state index contributed by atoms with van der Waals surface area (Å²) < 4.78 is 1.09. The fourth-order valence-corrected chi connectivity index (χ4v) is 4.30. The van der Waals surface area contributed by atoms with Crippen molar-refractivity contribution < 1.29 is 5.11 Å². The highest BCUT2D eigenvalue weighted by atomic mass is 127. The van der Waals surface area contributed by atoms with Gasteiger partial charge in [-0.25, -0.2) is 0 Å². The van der Waals surface area contributed by atoms with Gasteiger partial charge in [0.05, 0.1) is 6.04 Å². The summed E-state index contributed by atoms with van der Waals surface area (Å²) in [5.41, 5.74) is 4.65. The Bertz CT molecular complexity index is 701. The van der Waals surface area contributed by atoms with Crippen molar-refractivity contribution in [2.24, 2.45) is 0 Å². The third-order valence-electron chi connectivity index (χ3n) is 4.17. The lowest BCUT2D eigenvalue weighted by molar-refractivity contribution is 0.465. The number of fused-ring (bicyclic) bond motifs is 1. The lowest BCUT2D eigenvalue weighted by Crippen LogP contribution is -2.08. The van der Waals surface area contributed by atoms with Gasteiger partial charge in [-0.1, -0.05) is 24.6 Å². The van der Waals surface area contributed by atoms with Crippen molar-refractivity contribution in [3.8, 4) is 5.75 Å². The highest BCUT2D eigenvalue weighted by Gasteiger charge is 2.32. The summed E-state index contributed by atoms with van der Waals surface area (Å²) in [6, 6.07) is 9.78. The third kappa shape index (κ3) is 2.73. The first-order valence-corrected chi connectivity index (χ1v) is 8.47. The van der Waals surface area contributed by atoms with E-state index in [-0.39, 0.29) is 6.04 Å². The van der Waals surface area contributed by atoms with Crippen LogP contribution in [0.3, 0.4) is 0 Å². The van der Waals surface area contributed by atoms with Crippen molar-refractivity contribution in [2.75, 3.05) is 5.32 Å². The molecule has 0 aliphatic heterocycles. The average Bonchev–Trinajstić information content (AvgIpc) is 2.75. The zero-order valence-electron chi connectivity index (χ0n) is 12.0. The van der Waals surface area contributed by atoms with Crippen LogP contribution in [-0.4, -0.2) is 5.11 Å². The van der Waals surface area contributed by atoms with Gasteiger partial charge in [-0.05, 0) is 77.2 Å². The first-order valence-electron chi connectivity index (χ1n) is 7.01. The molecule has 110 valence electrons. The van der Waals surface area contributed by atoms with Gasteiger partial charge in [-0.2, -0.15) is 0 Å². The van der Waals surface area contributed by atoms with E-state index in [0.29, 0.717) is 11.7 Å². The molecule has 0 radical (unpaired) electrons. The number of aromatic hydroxyl groups is 1. The van der Waals surface area contributed by atoms with E-state index < -0.39 is 0 Å². The smallest absolute Gasteiger partial charge is 0.121 e. The van der Waals surface area contributed by atoms with Crippen molar-refractivity contribution in [1.29, 1.82) is 0 Å². The highest BCUT2D eigenvalue weighted by Crippen LogP contribution is 2.47. The summed E-state index contributed by atoms with van der Waals surface area (Å²) in [5.74, 6) is 0.844. The number of hydrogen-bond acceptors (Lipinski definition) is 2. The lowest BCUT2D eigenvalue weighted by atomic mass is 9.97. The van der Waals surface area contributed by atoms with Gasteiger partial charge in [0.2, 0.25) is 0 Å². The number of rotatable bonds is 2. The number of anilines is 1. The van der Waals surface area contributed by atoms with Crippen molar-refractivity contribution in [3.63, 3.8) is 0 Å². The summed E-state index contributed by atoms with van der Waals surface area (Å²) in [6.45, 7) is 4.34. The number of hydrogen-bond donors (Lipinski definition) is 2.